The standard InChI is InChI=1S/C8H17NO/c1-6(2)8(4)9-7(3)5-10-8/h6-7,9H,5H2,1-4H3. The minimum Gasteiger partial charge on any atom is -0.359 e. The average molecular weight is 143 g/mol. The van der Waals surface area contributed by atoms with Gasteiger partial charge in [-0.2, -0.15) is 0 Å². The molecule has 2 heteroatoms. The molecule has 0 aromatic rings. The molecule has 0 spiro atoms. The van der Waals surface area contributed by atoms with Gasteiger partial charge >= 0.3 is 0 Å². The Balaban J connectivity index is 2.54. The maximum atomic E-state index is 5.60. The second-order valence-electron chi connectivity index (χ2n) is 3.62. The molecule has 1 saturated heterocycles. The lowest BCUT2D eigenvalue weighted by molar-refractivity contribution is -0.0312. The van der Waals surface area contributed by atoms with E-state index >= 15 is 0 Å². The maximum absolute atomic E-state index is 5.60. The summed E-state index contributed by atoms with van der Waals surface area (Å²) in [5.41, 5.74) is -0.0839. The first-order valence-electron chi connectivity index (χ1n) is 3.96. The van der Waals surface area contributed by atoms with Crippen molar-refractivity contribution in [3.8, 4) is 0 Å². The Morgan fingerprint density at radius 3 is 2.40 bits per heavy atom. The molecule has 2 unspecified atom stereocenters. The third-order valence-electron chi connectivity index (χ3n) is 2.27. The van der Waals surface area contributed by atoms with Crippen LogP contribution in [0, 0.1) is 5.92 Å². The summed E-state index contributed by atoms with van der Waals surface area (Å²) in [6.45, 7) is 9.44. The first-order chi connectivity index (χ1) is 4.54. The molecule has 2 nitrogen and oxygen atoms in total. The third kappa shape index (κ3) is 1.32. The molecule has 60 valence electrons. The monoisotopic (exact) mass is 143 g/mol. The fraction of sp³-hybridized carbons (Fsp3) is 1.00. The normalized spacial score (nSPS) is 41.1. The molecule has 2 atom stereocenters. The molecule has 0 amide bonds. The molecule has 0 aliphatic carbocycles. The van der Waals surface area contributed by atoms with E-state index in [0.29, 0.717) is 12.0 Å². The van der Waals surface area contributed by atoms with Gasteiger partial charge in [0.15, 0.2) is 0 Å². The predicted octanol–water partition coefficient (Wildman–Crippen LogP) is 1.37. The number of hydrogen-bond acceptors (Lipinski definition) is 2. The fourth-order valence-electron chi connectivity index (χ4n) is 1.20. The van der Waals surface area contributed by atoms with Crippen molar-refractivity contribution in [1.29, 1.82) is 0 Å². The highest BCUT2D eigenvalue weighted by molar-refractivity contribution is 4.85. The molecule has 0 radical (unpaired) electrons. The van der Waals surface area contributed by atoms with E-state index in [1.54, 1.807) is 0 Å². The molecule has 0 aromatic carbocycles. The zero-order chi connectivity index (χ0) is 7.78. The molecule has 0 saturated carbocycles. The summed E-state index contributed by atoms with van der Waals surface area (Å²) >= 11 is 0. The van der Waals surface area contributed by atoms with Crippen LogP contribution in [0.2, 0.25) is 0 Å². The van der Waals surface area contributed by atoms with Crippen LogP contribution in [0.15, 0.2) is 0 Å². The zero-order valence-electron chi connectivity index (χ0n) is 7.27. The summed E-state index contributed by atoms with van der Waals surface area (Å²) < 4.78 is 5.60. The van der Waals surface area contributed by atoms with Crippen molar-refractivity contribution in [1.82, 2.24) is 5.32 Å². The molecule has 0 bridgehead atoms. The van der Waals surface area contributed by atoms with Gasteiger partial charge in [0.25, 0.3) is 0 Å². The summed E-state index contributed by atoms with van der Waals surface area (Å²) in [4.78, 5) is 0. The first-order valence-corrected chi connectivity index (χ1v) is 3.96. The van der Waals surface area contributed by atoms with E-state index in [1.807, 2.05) is 0 Å². The Hall–Kier alpha value is -0.0800. The summed E-state index contributed by atoms with van der Waals surface area (Å²) in [5, 5.41) is 3.41. The van der Waals surface area contributed by atoms with Crippen molar-refractivity contribution < 1.29 is 4.74 Å². The molecular weight excluding hydrogens is 126 g/mol. The first kappa shape index (κ1) is 8.02. The third-order valence-corrected chi connectivity index (χ3v) is 2.27. The van der Waals surface area contributed by atoms with E-state index in [2.05, 4.69) is 33.0 Å². The van der Waals surface area contributed by atoms with Gasteiger partial charge < -0.3 is 4.74 Å². The molecule has 1 aliphatic rings. The highest BCUT2D eigenvalue weighted by Crippen LogP contribution is 2.23. The van der Waals surface area contributed by atoms with E-state index in [1.165, 1.54) is 0 Å². The summed E-state index contributed by atoms with van der Waals surface area (Å²) in [5.74, 6) is 0.539. The van der Waals surface area contributed by atoms with Gasteiger partial charge in [-0.3, -0.25) is 5.32 Å². The lowest BCUT2D eigenvalue weighted by Crippen LogP contribution is -2.44. The van der Waals surface area contributed by atoms with Crippen LogP contribution in [-0.2, 0) is 4.74 Å². The van der Waals surface area contributed by atoms with Crippen molar-refractivity contribution in [3.05, 3.63) is 0 Å². The summed E-state index contributed by atoms with van der Waals surface area (Å²) in [6.07, 6.45) is 0. The number of rotatable bonds is 1. The van der Waals surface area contributed by atoms with Crippen LogP contribution in [0.3, 0.4) is 0 Å². The number of ether oxygens (including phenoxy) is 1. The smallest absolute Gasteiger partial charge is 0.119 e. The lowest BCUT2D eigenvalue weighted by atomic mass is 10.0. The topological polar surface area (TPSA) is 21.3 Å². The number of nitrogens with one attached hydrogen (secondary N) is 1. The van der Waals surface area contributed by atoms with E-state index in [9.17, 15) is 0 Å². The van der Waals surface area contributed by atoms with E-state index in [-0.39, 0.29) is 5.72 Å². The largest absolute Gasteiger partial charge is 0.359 e. The quantitative estimate of drug-likeness (QED) is 0.598. The van der Waals surface area contributed by atoms with Crippen LogP contribution in [0.4, 0.5) is 0 Å². The number of hydrogen-bond donors (Lipinski definition) is 1. The Bertz CT molecular complexity index is 124. The molecule has 1 heterocycles. The van der Waals surface area contributed by atoms with Crippen LogP contribution < -0.4 is 5.32 Å². The Morgan fingerprint density at radius 2 is 2.20 bits per heavy atom. The van der Waals surface area contributed by atoms with Gasteiger partial charge in [0, 0.05) is 6.04 Å². The highest BCUT2D eigenvalue weighted by atomic mass is 16.5. The summed E-state index contributed by atoms with van der Waals surface area (Å²) in [7, 11) is 0. The van der Waals surface area contributed by atoms with Gasteiger partial charge in [0.1, 0.15) is 5.72 Å². The Labute approximate surface area is 63.0 Å². The lowest BCUT2D eigenvalue weighted by Gasteiger charge is -2.28. The van der Waals surface area contributed by atoms with Gasteiger partial charge in [-0.15, -0.1) is 0 Å². The van der Waals surface area contributed by atoms with Gasteiger partial charge in [0.05, 0.1) is 6.61 Å². The van der Waals surface area contributed by atoms with Gasteiger partial charge in [-0.25, -0.2) is 0 Å². The maximum Gasteiger partial charge on any atom is 0.119 e. The second kappa shape index (κ2) is 2.51. The molecule has 1 rings (SSSR count). The summed E-state index contributed by atoms with van der Waals surface area (Å²) in [6, 6.07) is 0.507. The minimum absolute atomic E-state index is 0.0839. The van der Waals surface area contributed by atoms with Crippen molar-refractivity contribution >= 4 is 0 Å². The SMILES string of the molecule is CC1COC(C)(C(C)C)N1. The predicted molar refractivity (Wildman–Crippen MR) is 41.8 cm³/mol. The molecule has 10 heavy (non-hydrogen) atoms. The second-order valence-corrected chi connectivity index (χ2v) is 3.62. The van der Waals surface area contributed by atoms with E-state index in [0.717, 1.165) is 6.61 Å². The van der Waals surface area contributed by atoms with E-state index in [4.69, 9.17) is 4.74 Å². The van der Waals surface area contributed by atoms with Crippen LogP contribution in [-0.4, -0.2) is 18.4 Å². The average Bonchev–Trinajstić information content (AvgIpc) is 2.13. The van der Waals surface area contributed by atoms with E-state index < -0.39 is 0 Å². The van der Waals surface area contributed by atoms with Crippen LogP contribution in [0.1, 0.15) is 27.7 Å². The van der Waals surface area contributed by atoms with Crippen molar-refractivity contribution in [2.45, 2.75) is 39.5 Å². The van der Waals surface area contributed by atoms with Crippen molar-refractivity contribution in [2.75, 3.05) is 6.61 Å². The van der Waals surface area contributed by atoms with Crippen LogP contribution in [0.5, 0.6) is 0 Å². The minimum atomic E-state index is -0.0839. The highest BCUT2D eigenvalue weighted by Gasteiger charge is 2.35. The molecule has 0 aromatic heterocycles. The molecular formula is C8H17NO. The molecule has 1 aliphatic heterocycles. The van der Waals surface area contributed by atoms with Gasteiger partial charge in [-0.1, -0.05) is 13.8 Å². The van der Waals surface area contributed by atoms with Crippen molar-refractivity contribution in [2.24, 2.45) is 5.92 Å². The zero-order valence-corrected chi connectivity index (χ0v) is 7.27. The van der Waals surface area contributed by atoms with Crippen LogP contribution in [0.25, 0.3) is 0 Å². The van der Waals surface area contributed by atoms with Gasteiger partial charge in [-0.05, 0) is 19.8 Å². The Kier molecular flexibility index (Phi) is 2.02. The van der Waals surface area contributed by atoms with Gasteiger partial charge in [0.2, 0.25) is 0 Å². The Morgan fingerprint density at radius 1 is 1.60 bits per heavy atom. The van der Waals surface area contributed by atoms with Crippen LogP contribution >= 0.6 is 0 Å². The molecule has 1 fully saturated rings. The van der Waals surface area contributed by atoms with Crippen molar-refractivity contribution in [3.63, 3.8) is 0 Å². The fourth-order valence-corrected chi connectivity index (χ4v) is 1.20. The molecule has 1 N–H and O–H groups in total.